The molecule has 0 heterocycles. The maximum Gasteiger partial charge on any atom is 0.232 e. The monoisotopic (exact) mass is 413 g/mol. The largest absolute Gasteiger partial charge is 0.354 e. The van der Waals surface area contributed by atoms with Crippen molar-refractivity contribution in [2.75, 3.05) is 12.3 Å². The van der Waals surface area contributed by atoms with Gasteiger partial charge in [-0.05, 0) is 30.2 Å². The van der Waals surface area contributed by atoms with E-state index in [1.54, 1.807) is 23.5 Å². The third-order valence-electron chi connectivity index (χ3n) is 3.51. The molecule has 2 aromatic carbocycles. The highest BCUT2D eigenvalue weighted by molar-refractivity contribution is 7.99. The van der Waals surface area contributed by atoms with Crippen LogP contribution in [0.15, 0.2) is 48.5 Å². The van der Waals surface area contributed by atoms with Crippen molar-refractivity contribution in [1.82, 2.24) is 5.32 Å². The van der Waals surface area contributed by atoms with Crippen molar-refractivity contribution in [2.45, 2.75) is 23.7 Å². The van der Waals surface area contributed by atoms with Crippen LogP contribution >= 0.6 is 46.7 Å². The van der Waals surface area contributed by atoms with E-state index in [-0.39, 0.29) is 11.2 Å². The molecule has 0 fully saturated rings. The second-order valence-electron chi connectivity index (χ2n) is 5.53. The van der Waals surface area contributed by atoms with E-state index in [4.69, 9.17) is 23.2 Å². The predicted molar refractivity (Wildman–Crippen MR) is 113 cm³/mol. The molecule has 0 aliphatic heterocycles. The summed E-state index contributed by atoms with van der Waals surface area (Å²) >= 11 is 15.3. The number of nitrogens with one attached hydrogen (secondary N) is 1. The van der Waals surface area contributed by atoms with Crippen molar-refractivity contribution >= 4 is 52.6 Å². The minimum atomic E-state index is -0.0553. The third-order valence-corrected chi connectivity index (χ3v) is 6.49. The fourth-order valence-corrected chi connectivity index (χ4v) is 4.08. The zero-order valence-electron chi connectivity index (χ0n) is 14.0. The number of benzene rings is 2. The van der Waals surface area contributed by atoms with Crippen LogP contribution in [-0.2, 0) is 16.3 Å². The Morgan fingerprint density at radius 2 is 1.80 bits per heavy atom. The van der Waals surface area contributed by atoms with Crippen LogP contribution in [0.1, 0.15) is 18.1 Å². The number of carbonyl (C=O) groups excluding carboxylic acids is 1. The van der Waals surface area contributed by atoms with Crippen molar-refractivity contribution < 1.29 is 4.79 Å². The Hall–Kier alpha value is -0.810. The van der Waals surface area contributed by atoms with Gasteiger partial charge in [0.1, 0.15) is 0 Å². The standard InChI is InChI=1S/C19H21Cl2NOS2/c1-14(25-13-15-5-3-2-4-6-15)19(23)22-9-10-24-12-16-7-8-17(20)18(21)11-16/h2-8,11,14H,9-10,12-13H2,1H3,(H,22,23)/t14-/m0/s1. The molecule has 2 nitrogen and oxygen atoms in total. The maximum absolute atomic E-state index is 12.1. The molecule has 0 radical (unpaired) electrons. The Morgan fingerprint density at radius 1 is 1.04 bits per heavy atom. The summed E-state index contributed by atoms with van der Waals surface area (Å²) < 4.78 is 0. The molecule has 1 atom stereocenters. The Labute approximate surface area is 168 Å². The summed E-state index contributed by atoms with van der Waals surface area (Å²) in [5.74, 6) is 2.66. The smallest absolute Gasteiger partial charge is 0.232 e. The zero-order valence-corrected chi connectivity index (χ0v) is 17.2. The summed E-state index contributed by atoms with van der Waals surface area (Å²) in [5.41, 5.74) is 2.38. The molecule has 25 heavy (non-hydrogen) atoms. The quantitative estimate of drug-likeness (QED) is 0.537. The first kappa shape index (κ1) is 20.5. The normalized spacial score (nSPS) is 12.0. The molecule has 0 aromatic heterocycles. The molecular weight excluding hydrogens is 393 g/mol. The van der Waals surface area contributed by atoms with E-state index in [2.05, 4.69) is 17.4 Å². The van der Waals surface area contributed by atoms with E-state index in [1.165, 1.54) is 5.56 Å². The van der Waals surface area contributed by atoms with Crippen LogP contribution < -0.4 is 5.32 Å². The van der Waals surface area contributed by atoms with Gasteiger partial charge < -0.3 is 5.32 Å². The van der Waals surface area contributed by atoms with E-state index in [9.17, 15) is 4.79 Å². The van der Waals surface area contributed by atoms with Crippen LogP contribution in [0.25, 0.3) is 0 Å². The molecule has 134 valence electrons. The Kier molecular flexibility index (Phi) is 9.04. The lowest BCUT2D eigenvalue weighted by atomic mass is 10.2. The molecule has 0 saturated heterocycles. The van der Waals surface area contributed by atoms with Gasteiger partial charge in [0, 0.05) is 23.8 Å². The first-order valence-corrected chi connectivity index (χ1v) is 11.0. The molecule has 0 bridgehead atoms. The first-order chi connectivity index (χ1) is 12.1. The molecular formula is C19H21Cl2NOS2. The Bertz CT molecular complexity index is 682. The number of thioether (sulfide) groups is 2. The van der Waals surface area contributed by atoms with Gasteiger partial charge in [0.25, 0.3) is 0 Å². The van der Waals surface area contributed by atoms with E-state index in [0.29, 0.717) is 16.6 Å². The van der Waals surface area contributed by atoms with Gasteiger partial charge in [-0.15, -0.1) is 11.8 Å². The topological polar surface area (TPSA) is 29.1 Å². The predicted octanol–water partition coefficient (Wildman–Crippen LogP) is 5.66. The number of rotatable bonds is 9. The highest BCUT2D eigenvalue weighted by atomic mass is 35.5. The van der Waals surface area contributed by atoms with E-state index >= 15 is 0 Å². The highest BCUT2D eigenvalue weighted by Crippen LogP contribution is 2.24. The van der Waals surface area contributed by atoms with Gasteiger partial charge in [-0.2, -0.15) is 11.8 Å². The minimum absolute atomic E-state index is 0.0553. The zero-order chi connectivity index (χ0) is 18.1. The first-order valence-electron chi connectivity index (χ1n) is 8.01. The summed E-state index contributed by atoms with van der Waals surface area (Å²) in [6.45, 7) is 2.62. The van der Waals surface area contributed by atoms with Crippen molar-refractivity contribution in [3.8, 4) is 0 Å². The van der Waals surface area contributed by atoms with Crippen molar-refractivity contribution in [3.63, 3.8) is 0 Å². The SMILES string of the molecule is C[C@H](SCc1ccccc1)C(=O)NCCSCc1ccc(Cl)c(Cl)c1. The summed E-state index contributed by atoms with van der Waals surface area (Å²) in [7, 11) is 0. The summed E-state index contributed by atoms with van der Waals surface area (Å²) in [4.78, 5) is 12.1. The van der Waals surface area contributed by atoms with Crippen LogP contribution in [-0.4, -0.2) is 23.5 Å². The lowest BCUT2D eigenvalue weighted by molar-refractivity contribution is -0.120. The number of halogens is 2. The van der Waals surface area contributed by atoms with Gasteiger partial charge in [-0.3, -0.25) is 4.79 Å². The van der Waals surface area contributed by atoms with Crippen LogP contribution in [0.3, 0.4) is 0 Å². The van der Waals surface area contributed by atoms with Crippen LogP contribution in [0.5, 0.6) is 0 Å². The molecule has 1 amide bonds. The van der Waals surface area contributed by atoms with Gasteiger partial charge >= 0.3 is 0 Å². The molecule has 0 aliphatic carbocycles. The van der Waals surface area contributed by atoms with Gasteiger partial charge in [0.15, 0.2) is 0 Å². The molecule has 2 rings (SSSR count). The van der Waals surface area contributed by atoms with E-state index < -0.39 is 0 Å². The number of hydrogen-bond acceptors (Lipinski definition) is 3. The van der Waals surface area contributed by atoms with Crippen LogP contribution in [0, 0.1) is 0 Å². The second kappa shape index (κ2) is 11.0. The summed E-state index contributed by atoms with van der Waals surface area (Å²) in [6.07, 6.45) is 0. The maximum atomic E-state index is 12.1. The second-order valence-corrected chi connectivity index (χ2v) is 8.78. The summed E-state index contributed by atoms with van der Waals surface area (Å²) in [6, 6.07) is 15.9. The van der Waals surface area contributed by atoms with Gasteiger partial charge in [0.05, 0.1) is 15.3 Å². The highest BCUT2D eigenvalue weighted by Gasteiger charge is 2.12. The third kappa shape index (κ3) is 7.53. The molecule has 0 spiro atoms. The van der Waals surface area contributed by atoms with Crippen LogP contribution in [0.2, 0.25) is 10.0 Å². The summed E-state index contributed by atoms with van der Waals surface area (Å²) in [5, 5.41) is 4.10. The molecule has 2 aromatic rings. The minimum Gasteiger partial charge on any atom is -0.354 e. The van der Waals surface area contributed by atoms with E-state index in [0.717, 1.165) is 22.8 Å². The lowest BCUT2D eigenvalue weighted by Gasteiger charge is -2.12. The van der Waals surface area contributed by atoms with E-state index in [1.807, 2.05) is 43.3 Å². The number of hydrogen-bond donors (Lipinski definition) is 1. The molecule has 0 saturated carbocycles. The van der Waals surface area contributed by atoms with Crippen molar-refractivity contribution in [1.29, 1.82) is 0 Å². The number of amides is 1. The molecule has 6 heteroatoms. The van der Waals surface area contributed by atoms with Gasteiger partial charge in [-0.25, -0.2) is 0 Å². The van der Waals surface area contributed by atoms with Crippen molar-refractivity contribution in [2.24, 2.45) is 0 Å². The molecule has 1 N–H and O–H groups in total. The lowest BCUT2D eigenvalue weighted by Crippen LogP contribution is -2.32. The van der Waals surface area contributed by atoms with Crippen LogP contribution in [0.4, 0.5) is 0 Å². The molecule has 0 aliphatic rings. The van der Waals surface area contributed by atoms with Gasteiger partial charge in [0.2, 0.25) is 5.91 Å². The van der Waals surface area contributed by atoms with Gasteiger partial charge in [-0.1, -0.05) is 59.6 Å². The Morgan fingerprint density at radius 3 is 2.52 bits per heavy atom. The average Bonchev–Trinajstić information content (AvgIpc) is 2.63. The average molecular weight is 414 g/mol. The molecule has 0 unspecified atom stereocenters. The fraction of sp³-hybridized carbons (Fsp3) is 0.316. The Balaban J connectivity index is 1.60. The van der Waals surface area contributed by atoms with Crippen molar-refractivity contribution in [3.05, 3.63) is 69.7 Å². The fourth-order valence-electron chi connectivity index (χ4n) is 2.08. The number of carbonyl (C=O) groups is 1.